The smallest absolute Gasteiger partial charge is 0.170 e. The van der Waals surface area contributed by atoms with E-state index in [4.69, 9.17) is 21.7 Å². The minimum absolute atomic E-state index is 0.125. The van der Waals surface area contributed by atoms with Gasteiger partial charge in [-0.25, -0.2) is 0 Å². The normalized spacial score (nSPS) is 11.7. The lowest BCUT2D eigenvalue weighted by Gasteiger charge is -2.14. The molecule has 1 aromatic carbocycles. The first kappa shape index (κ1) is 13.7. The summed E-state index contributed by atoms with van der Waals surface area (Å²) in [6.07, 6.45) is 0.125. The van der Waals surface area contributed by atoms with Crippen LogP contribution in [0.25, 0.3) is 0 Å². The van der Waals surface area contributed by atoms with Gasteiger partial charge >= 0.3 is 0 Å². The monoisotopic (exact) mass is 254 g/mol. The van der Waals surface area contributed by atoms with E-state index in [9.17, 15) is 0 Å². The Balaban J connectivity index is 2.44. The zero-order chi connectivity index (χ0) is 12.7. The summed E-state index contributed by atoms with van der Waals surface area (Å²) >= 11 is 5.16. The van der Waals surface area contributed by atoms with Gasteiger partial charge in [0.25, 0.3) is 0 Å². The van der Waals surface area contributed by atoms with Gasteiger partial charge in [-0.1, -0.05) is 6.07 Å². The van der Waals surface area contributed by atoms with Crippen LogP contribution in [0, 0.1) is 0 Å². The molecule has 1 rings (SSSR count). The Hall–Kier alpha value is -1.33. The maximum absolute atomic E-state index is 5.16. The maximum atomic E-state index is 5.16. The Morgan fingerprint density at radius 2 is 2.18 bits per heavy atom. The minimum Gasteiger partial charge on any atom is -0.497 e. The average Bonchev–Trinajstić information content (AvgIpc) is 2.36. The molecule has 17 heavy (non-hydrogen) atoms. The van der Waals surface area contributed by atoms with E-state index >= 15 is 0 Å². The largest absolute Gasteiger partial charge is 0.497 e. The molecule has 0 spiro atoms. The van der Waals surface area contributed by atoms with Crippen molar-refractivity contribution in [2.75, 3.05) is 26.1 Å². The second kappa shape index (κ2) is 7.09. The second-order valence-corrected chi connectivity index (χ2v) is 4.02. The Labute approximate surface area is 107 Å². The van der Waals surface area contributed by atoms with Gasteiger partial charge in [0, 0.05) is 25.4 Å². The molecule has 2 N–H and O–H groups in total. The van der Waals surface area contributed by atoms with Crippen LogP contribution in [0.1, 0.15) is 6.92 Å². The Morgan fingerprint density at radius 3 is 2.82 bits per heavy atom. The van der Waals surface area contributed by atoms with Crippen LogP contribution >= 0.6 is 12.2 Å². The van der Waals surface area contributed by atoms with Crippen molar-refractivity contribution in [2.45, 2.75) is 13.0 Å². The molecule has 0 aromatic heterocycles. The van der Waals surface area contributed by atoms with E-state index in [-0.39, 0.29) is 6.10 Å². The van der Waals surface area contributed by atoms with Crippen molar-refractivity contribution in [1.82, 2.24) is 5.32 Å². The van der Waals surface area contributed by atoms with E-state index < -0.39 is 0 Å². The number of benzene rings is 1. The lowest BCUT2D eigenvalue weighted by Crippen LogP contribution is -2.34. The summed E-state index contributed by atoms with van der Waals surface area (Å²) in [5.74, 6) is 0.794. The fourth-order valence-electron chi connectivity index (χ4n) is 1.20. The van der Waals surface area contributed by atoms with Crippen LogP contribution in [0.2, 0.25) is 0 Å². The third kappa shape index (κ3) is 5.01. The summed E-state index contributed by atoms with van der Waals surface area (Å²) in [5, 5.41) is 6.73. The third-order valence-corrected chi connectivity index (χ3v) is 2.53. The molecule has 0 heterocycles. The zero-order valence-corrected chi connectivity index (χ0v) is 11.1. The van der Waals surface area contributed by atoms with Crippen molar-refractivity contribution in [3.05, 3.63) is 24.3 Å². The van der Waals surface area contributed by atoms with Gasteiger partial charge in [-0.15, -0.1) is 0 Å². The van der Waals surface area contributed by atoms with E-state index in [1.54, 1.807) is 14.2 Å². The molecule has 0 fully saturated rings. The van der Waals surface area contributed by atoms with Crippen LogP contribution < -0.4 is 15.4 Å². The lowest BCUT2D eigenvalue weighted by molar-refractivity contribution is 0.121. The zero-order valence-electron chi connectivity index (χ0n) is 10.3. The van der Waals surface area contributed by atoms with Crippen molar-refractivity contribution in [1.29, 1.82) is 0 Å². The summed E-state index contributed by atoms with van der Waals surface area (Å²) in [6.45, 7) is 2.65. The highest BCUT2D eigenvalue weighted by Gasteiger charge is 2.02. The number of rotatable bonds is 5. The van der Waals surface area contributed by atoms with Gasteiger partial charge in [0.1, 0.15) is 5.75 Å². The summed E-state index contributed by atoms with van der Waals surface area (Å²) in [7, 11) is 3.31. The first-order chi connectivity index (χ1) is 8.15. The van der Waals surface area contributed by atoms with Crippen LogP contribution in [0.3, 0.4) is 0 Å². The predicted octanol–water partition coefficient (Wildman–Crippen LogP) is 2.02. The van der Waals surface area contributed by atoms with Crippen LogP contribution in [0.15, 0.2) is 24.3 Å². The quantitative estimate of drug-likeness (QED) is 0.787. The van der Waals surface area contributed by atoms with E-state index in [0.717, 1.165) is 11.4 Å². The highest BCUT2D eigenvalue weighted by molar-refractivity contribution is 7.80. The fourth-order valence-corrected chi connectivity index (χ4v) is 1.40. The Bertz CT molecular complexity index is 371. The molecule has 0 amide bonds. The lowest BCUT2D eigenvalue weighted by atomic mass is 10.3. The first-order valence-electron chi connectivity index (χ1n) is 5.37. The first-order valence-corrected chi connectivity index (χ1v) is 5.78. The number of anilines is 1. The molecule has 0 saturated heterocycles. The minimum atomic E-state index is 0.125. The Morgan fingerprint density at radius 1 is 1.41 bits per heavy atom. The van der Waals surface area contributed by atoms with Gasteiger partial charge < -0.3 is 20.1 Å². The summed E-state index contributed by atoms with van der Waals surface area (Å²) in [5.41, 5.74) is 0.895. The van der Waals surface area contributed by atoms with Gasteiger partial charge in [0.15, 0.2) is 5.11 Å². The standard InChI is InChI=1S/C12H18N2O2S/c1-9(15-2)8-13-12(17)14-10-5-4-6-11(7-10)16-3/h4-7,9H,8H2,1-3H3,(H2,13,14,17). The number of nitrogens with one attached hydrogen (secondary N) is 2. The fraction of sp³-hybridized carbons (Fsp3) is 0.417. The van der Waals surface area contributed by atoms with Crippen LogP contribution in [0.5, 0.6) is 5.75 Å². The van der Waals surface area contributed by atoms with Gasteiger partial charge in [-0.3, -0.25) is 0 Å². The molecule has 0 aliphatic rings. The molecule has 0 bridgehead atoms. The van der Waals surface area contributed by atoms with Gasteiger partial charge in [-0.2, -0.15) is 0 Å². The van der Waals surface area contributed by atoms with Crippen molar-refractivity contribution < 1.29 is 9.47 Å². The summed E-state index contributed by atoms with van der Waals surface area (Å²) in [6, 6.07) is 7.60. The molecule has 1 atom stereocenters. The molecular formula is C12H18N2O2S. The van der Waals surface area contributed by atoms with Crippen molar-refractivity contribution in [3.8, 4) is 5.75 Å². The molecule has 0 aliphatic heterocycles. The molecule has 1 aromatic rings. The van der Waals surface area contributed by atoms with E-state index in [2.05, 4.69) is 10.6 Å². The highest BCUT2D eigenvalue weighted by atomic mass is 32.1. The van der Waals surface area contributed by atoms with Gasteiger partial charge in [-0.05, 0) is 31.3 Å². The van der Waals surface area contributed by atoms with Gasteiger partial charge in [0.2, 0.25) is 0 Å². The molecule has 5 heteroatoms. The molecular weight excluding hydrogens is 236 g/mol. The second-order valence-electron chi connectivity index (χ2n) is 3.61. The van der Waals surface area contributed by atoms with Crippen LogP contribution in [-0.4, -0.2) is 32.0 Å². The number of methoxy groups -OCH3 is 2. The topological polar surface area (TPSA) is 42.5 Å². The number of ether oxygens (including phenoxy) is 2. The number of hydrogen-bond acceptors (Lipinski definition) is 3. The highest BCUT2D eigenvalue weighted by Crippen LogP contribution is 2.16. The van der Waals surface area contributed by atoms with E-state index in [0.29, 0.717) is 11.7 Å². The molecule has 1 unspecified atom stereocenters. The average molecular weight is 254 g/mol. The predicted molar refractivity (Wildman–Crippen MR) is 73.7 cm³/mol. The maximum Gasteiger partial charge on any atom is 0.170 e. The molecule has 94 valence electrons. The van der Waals surface area contributed by atoms with Gasteiger partial charge in [0.05, 0.1) is 13.2 Å². The molecule has 0 aliphatic carbocycles. The number of thiocarbonyl (C=S) groups is 1. The van der Waals surface area contributed by atoms with Crippen molar-refractivity contribution in [2.24, 2.45) is 0 Å². The molecule has 4 nitrogen and oxygen atoms in total. The Kier molecular flexibility index (Phi) is 5.72. The number of hydrogen-bond donors (Lipinski definition) is 2. The third-order valence-electron chi connectivity index (χ3n) is 2.28. The van der Waals surface area contributed by atoms with Crippen molar-refractivity contribution in [3.63, 3.8) is 0 Å². The van der Waals surface area contributed by atoms with Crippen LogP contribution in [0.4, 0.5) is 5.69 Å². The summed E-state index contributed by atoms with van der Waals surface area (Å²) < 4.78 is 10.2. The molecule has 0 radical (unpaired) electrons. The molecule has 0 saturated carbocycles. The van der Waals surface area contributed by atoms with E-state index in [1.165, 1.54) is 0 Å². The summed E-state index contributed by atoms with van der Waals surface area (Å²) in [4.78, 5) is 0. The van der Waals surface area contributed by atoms with Crippen LogP contribution in [-0.2, 0) is 4.74 Å². The SMILES string of the molecule is COc1cccc(NC(=S)NCC(C)OC)c1. The van der Waals surface area contributed by atoms with Crippen molar-refractivity contribution >= 4 is 23.0 Å². The van der Waals surface area contributed by atoms with E-state index in [1.807, 2.05) is 31.2 Å².